The first-order chi connectivity index (χ1) is 25.6. The molecule has 2 saturated carbocycles. The molecule has 0 radical (unpaired) electrons. The van der Waals surface area contributed by atoms with Gasteiger partial charge in [-0.15, -0.1) is 0 Å². The van der Waals surface area contributed by atoms with Crippen LogP contribution in [0.5, 0.6) is 5.75 Å². The summed E-state index contributed by atoms with van der Waals surface area (Å²) in [6, 6.07) is 12.2. The number of hydrogen-bond donors (Lipinski definition) is 1. The number of ether oxygens (including phenoxy) is 1. The normalized spacial score (nSPS) is 22.2. The van der Waals surface area contributed by atoms with E-state index in [0.717, 1.165) is 103 Å². The summed E-state index contributed by atoms with van der Waals surface area (Å²) in [5.74, 6) is 0.491. The van der Waals surface area contributed by atoms with Crippen LogP contribution in [0.2, 0.25) is 0 Å². The lowest BCUT2D eigenvalue weighted by molar-refractivity contribution is 0.0472. The molecule has 1 N–H and O–H groups in total. The fraction of sp³-hybridized carbons (Fsp3) is 0.488. The van der Waals surface area contributed by atoms with Gasteiger partial charge in [-0.3, -0.25) is 14.3 Å². The monoisotopic (exact) mass is 736 g/mol. The highest BCUT2D eigenvalue weighted by molar-refractivity contribution is 7.90. The number of nitrogens with one attached hydrogen (secondary N) is 1. The van der Waals surface area contributed by atoms with E-state index in [1.807, 2.05) is 29.9 Å². The third kappa shape index (κ3) is 5.80. The second-order valence-electron chi connectivity index (χ2n) is 15.9. The quantitative estimate of drug-likeness (QED) is 0.241. The molecule has 3 aliphatic heterocycles. The summed E-state index contributed by atoms with van der Waals surface area (Å²) >= 11 is 0. The van der Waals surface area contributed by atoms with E-state index in [1.165, 1.54) is 12.0 Å². The van der Waals surface area contributed by atoms with Gasteiger partial charge in [0.05, 0.1) is 42.1 Å². The Kier molecular flexibility index (Phi) is 8.53. The lowest BCUT2D eigenvalue weighted by Crippen LogP contribution is -2.54. The minimum atomic E-state index is -3.75. The summed E-state index contributed by atoms with van der Waals surface area (Å²) in [5, 5.41) is 5.24. The molecule has 9 rings (SSSR count). The first-order valence-corrected chi connectivity index (χ1v) is 20.8. The van der Waals surface area contributed by atoms with Gasteiger partial charge in [0.25, 0.3) is 11.8 Å². The number of likely N-dealkylation sites (tertiary alicyclic amines) is 1. The highest BCUT2D eigenvalue weighted by Crippen LogP contribution is 2.48. The fourth-order valence-electron chi connectivity index (χ4n) is 9.84. The van der Waals surface area contributed by atoms with E-state index in [2.05, 4.69) is 49.4 Å². The number of hydrogen-bond acceptors (Lipinski definition) is 7. The van der Waals surface area contributed by atoms with E-state index in [1.54, 1.807) is 19.4 Å². The molecule has 2 saturated heterocycles. The number of aromatic nitrogens is 3. The minimum absolute atomic E-state index is 0.0248. The SMILES string of the molecule is COc1ccc2c(c1)C=C(c1c(C(=O)N3C4CCC3CN(C)C4)cnn1C)Cn1c-2c(C2CCCCC2)c2ccc(C(=O)NS(=O)(=O)C3CCC3)cc21. The van der Waals surface area contributed by atoms with Crippen LogP contribution in [0, 0.1) is 0 Å². The molecule has 5 aliphatic rings. The molecule has 4 aromatic rings. The summed E-state index contributed by atoms with van der Waals surface area (Å²) in [5.41, 5.74) is 7.89. The number of piperazine rings is 1. The predicted octanol–water partition coefficient (Wildman–Crippen LogP) is 6.18. The van der Waals surface area contributed by atoms with Crippen LogP contribution >= 0.6 is 0 Å². The van der Waals surface area contributed by atoms with E-state index in [9.17, 15) is 18.0 Å². The zero-order valence-corrected chi connectivity index (χ0v) is 31.6. The van der Waals surface area contributed by atoms with Crippen LogP contribution < -0.4 is 9.46 Å². The maximum Gasteiger partial charge on any atom is 0.264 e. The summed E-state index contributed by atoms with van der Waals surface area (Å²) in [4.78, 5) is 32.6. The van der Waals surface area contributed by atoms with E-state index in [0.29, 0.717) is 36.4 Å². The number of benzene rings is 2. The summed E-state index contributed by atoms with van der Waals surface area (Å²) in [6.45, 7) is 2.17. The van der Waals surface area contributed by atoms with Gasteiger partial charge in [0.2, 0.25) is 10.0 Å². The Hall–Kier alpha value is -4.42. The van der Waals surface area contributed by atoms with Gasteiger partial charge in [0.15, 0.2) is 0 Å². The molecule has 5 heterocycles. The third-order valence-corrected chi connectivity index (χ3v) is 14.5. The Labute approximate surface area is 311 Å². The van der Waals surface area contributed by atoms with Crippen molar-refractivity contribution in [1.29, 1.82) is 0 Å². The van der Waals surface area contributed by atoms with Gasteiger partial charge in [0, 0.05) is 54.3 Å². The Morgan fingerprint density at radius 1 is 0.887 bits per heavy atom. The summed E-state index contributed by atoms with van der Waals surface area (Å²) < 4.78 is 38.3. The van der Waals surface area contributed by atoms with Crippen LogP contribution in [0.1, 0.15) is 108 Å². The second-order valence-corrected chi connectivity index (χ2v) is 17.9. The summed E-state index contributed by atoms with van der Waals surface area (Å²) in [6.07, 6.45) is 13.6. The van der Waals surface area contributed by atoms with Crippen molar-refractivity contribution < 1.29 is 22.7 Å². The first kappa shape index (κ1) is 34.4. The Bertz CT molecular complexity index is 2260. The molecule has 2 aliphatic carbocycles. The number of sulfonamides is 1. The van der Waals surface area contributed by atoms with Gasteiger partial charge in [-0.1, -0.05) is 31.7 Å². The number of amides is 2. The molecule has 0 spiro atoms. The van der Waals surface area contributed by atoms with Crippen LogP contribution in [-0.4, -0.2) is 89.0 Å². The van der Waals surface area contributed by atoms with Crippen molar-refractivity contribution in [2.45, 2.75) is 94.0 Å². The van der Waals surface area contributed by atoms with Gasteiger partial charge < -0.3 is 19.1 Å². The van der Waals surface area contributed by atoms with Crippen LogP contribution in [0.3, 0.4) is 0 Å². The third-order valence-electron chi connectivity index (χ3n) is 12.6. The van der Waals surface area contributed by atoms with Gasteiger partial charge in [0.1, 0.15) is 5.75 Å². The van der Waals surface area contributed by atoms with E-state index >= 15 is 0 Å². The number of rotatable bonds is 7. The average Bonchev–Trinajstić information content (AvgIpc) is 3.71. The predicted molar refractivity (Wildman–Crippen MR) is 205 cm³/mol. The Morgan fingerprint density at radius 3 is 2.34 bits per heavy atom. The van der Waals surface area contributed by atoms with Crippen molar-refractivity contribution in [3.8, 4) is 17.0 Å². The van der Waals surface area contributed by atoms with Gasteiger partial charge in [-0.25, -0.2) is 13.1 Å². The number of allylic oxidation sites excluding steroid dienone is 1. The van der Waals surface area contributed by atoms with Crippen molar-refractivity contribution in [2.75, 3.05) is 27.2 Å². The summed E-state index contributed by atoms with van der Waals surface area (Å²) in [7, 11) is 1.95. The van der Waals surface area contributed by atoms with Gasteiger partial charge in [-0.2, -0.15) is 5.10 Å². The molecule has 12 heteroatoms. The van der Waals surface area contributed by atoms with Crippen LogP contribution in [0.25, 0.3) is 33.8 Å². The standard InChI is InChI=1S/C41H48N6O5S/c1-44-23-29-13-14-30(24-44)47(29)41(49)35-21-42-45(2)38(35)28-18-27-19-31(52-3)15-17-33(27)39-37(25-8-5-4-6-9-25)34-16-12-26(20-36(34)46(39)22-28)40(48)43-53(50,51)32-10-7-11-32/h12,15-21,25,29-30,32H,4-11,13-14,22-24H2,1-3H3,(H,43,48). The largest absolute Gasteiger partial charge is 0.497 e. The number of methoxy groups -OCH3 is 1. The van der Waals surface area contributed by atoms with Crippen molar-refractivity contribution in [2.24, 2.45) is 7.05 Å². The lowest BCUT2D eigenvalue weighted by Gasteiger charge is -2.39. The molecule has 2 aromatic carbocycles. The van der Waals surface area contributed by atoms with E-state index in [4.69, 9.17) is 4.74 Å². The van der Waals surface area contributed by atoms with Crippen molar-refractivity contribution >= 4 is 44.4 Å². The molecule has 2 aromatic heterocycles. The van der Waals surface area contributed by atoms with E-state index < -0.39 is 21.2 Å². The minimum Gasteiger partial charge on any atom is -0.497 e. The highest BCUT2D eigenvalue weighted by Gasteiger charge is 2.43. The zero-order valence-electron chi connectivity index (χ0n) is 30.8. The maximum atomic E-state index is 14.6. The van der Waals surface area contributed by atoms with Crippen LogP contribution in [0.4, 0.5) is 0 Å². The number of carbonyl (C=O) groups excluding carboxylic acids is 2. The molecule has 53 heavy (non-hydrogen) atoms. The maximum absolute atomic E-state index is 14.6. The molecular formula is C41H48N6O5S. The Morgan fingerprint density at radius 2 is 1.64 bits per heavy atom. The number of carbonyl (C=O) groups is 2. The Balaban J connectivity index is 1.21. The smallest absolute Gasteiger partial charge is 0.264 e. The highest BCUT2D eigenvalue weighted by atomic mass is 32.2. The second kappa shape index (κ2) is 13.2. The van der Waals surface area contributed by atoms with E-state index in [-0.39, 0.29) is 18.0 Å². The number of aryl methyl sites for hydroxylation is 1. The molecule has 11 nitrogen and oxygen atoms in total. The first-order valence-electron chi connectivity index (χ1n) is 19.3. The average molecular weight is 737 g/mol. The molecule has 4 fully saturated rings. The van der Waals surface area contributed by atoms with Crippen molar-refractivity contribution in [1.82, 2.24) is 28.9 Å². The molecule has 2 amide bonds. The number of nitrogens with zero attached hydrogens (tertiary/aromatic N) is 5. The molecule has 278 valence electrons. The van der Waals surface area contributed by atoms with Crippen molar-refractivity contribution in [3.05, 3.63) is 70.5 Å². The van der Waals surface area contributed by atoms with Gasteiger partial charge >= 0.3 is 0 Å². The lowest BCUT2D eigenvalue weighted by atomic mass is 9.81. The molecular weight excluding hydrogens is 689 g/mol. The zero-order chi connectivity index (χ0) is 36.6. The fourth-order valence-corrected chi connectivity index (χ4v) is 11.3. The molecule has 2 unspecified atom stereocenters. The van der Waals surface area contributed by atoms with Crippen LogP contribution in [0.15, 0.2) is 42.6 Å². The van der Waals surface area contributed by atoms with Crippen LogP contribution in [-0.2, 0) is 23.6 Å². The topological polar surface area (TPSA) is 119 Å². The molecule has 2 bridgehead atoms. The molecule has 2 atom stereocenters. The van der Waals surface area contributed by atoms with Crippen molar-refractivity contribution in [3.63, 3.8) is 0 Å². The van der Waals surface area contributed by atoms with Gasteiger partial charge in [-0.05, 0) is 105 Å². The number of likely N-dealkylation sites (N-methyl/N-ethyl adjacent to an activating group) is 1. The number of fused-ring (bicyclic) bond motifs is 7.